The first-order valence-electron chi connectivity index (χ1n) is 6.50. The summed E-state index contributed by atoms with van der Waals surface area (Å²) in [4.78, 5) is 0. The molecule has 0 aromatic rings. The lowest BCUT2D eigenvalue weighted by molar-refractivity contribution is -0.0761. The molecule has 0 radical (unpaired) electrons. The van der Waals surface area contributed by atoms with Crippen LogP contribution in [0.1, 0.15) is 46.0 Å². The van der Waals surface area contributed by atoms with E-state index in [1.165, 1.54) is 45.2 Å². The Morgan fingerprint density at radius 1 is 1.27 bits per heavy atom. The number of hydrogen-bond donors (Lipinski definition) is 1. The van der Waals surface area contributed by atoms with Crippen molar-refractivity contribution in [2.45, 2.75) is 51.6 Å². The van der Waals surface area contributed by atoms with Crippen molar-refractivity contribution in [2.75, 3.05) is 19.7 Å². The van der Waals surface area contributed by atoms with Gasteiger partial charge < -0.3 is 10.1 Å². The molecule has 2 unspecified atom stereocenters. The highest BCUT2D eigenvalue weighted by atomic mass is 16.5. The molecular weight excluding hydrogens is 186 g/mol. The van der Waals surface area contributed by atoms with Gasteiger partial charge in [-0.3, -0.25) is 0 Å². The van der Waals surface area contributed by atoms with Crippen molar-refractivity contribution in [3.05, 3.63) is 0 Å². The summed E-state index contributed by atoms with van der Waals surface area (Å²) >= 11 is 0. The van der Waals surface area contributed by atoms with E-state index in [2.05, 4.69) is 19.2 Å². The highest BCUT2D eigenvalue weighted by Gasteiger charge is 2.30. The van der Waals surface area contributed by atoms with Crippen LogP contribution in [-0.4, -0.2) is 25.3 Å². The first kappa shape index (κ1) is 11.4. The van der Waals surface area contributed by atoms with Gasteiger partial charge in [-0.25, -0.2) is 0 Å². The first-order chi connectivity index (χ1) is 7.16. The zero-order chi connectivity index (χ0) is 10.7. The Kier molecular flexibility index (Phi) is 3.68. The van der Waals surface area contributed by atoms with Crippen LogP contribution in [-0.2, 0) is 4.74 Å². The molecule has 1 N–H and O–H groups in total. The van der Waals surface area contributed by atoms with Gasteiger partial charge in [0.15, 0.2) is 0 Å². The van der Waals surface area contributed by atoms with E-state index in [1.807, 2.05) is 0 Å². The molecule has 2 saturated heterocycles. The molecule has 0 aromatic heterocycles. The monoisotopic (exact) mass is 211 g/mol. The Morgan fingerprint density at radius 3 is 2.80 bits per heavy atom. The molecule has 2 nitrogen and oxygen atoms in total. The lowest BCUT2D eigenvalue weighted by Crippen LogP contribution is -2.37. The summed E-state index contributed by atoms with van der Waals surface area (Å²) in [5, 5.41) is 3.51. The normalized spacial score (nSPS) is 36.4. The van der Waals surface area contributed by atoms with Crippen molar-refractivity contribution >= 4 is 0 Å². The van der Waals surface area contributed by atoms with Crippen LogP contribution in [0.4, 0.5) is 0 Å². The summed E-state index contributed by atoms with van der Waals surface area (Å²) < 4.78 is 5.77. The second-order valence-corrected chi connectivity index (χ2v) is 5.92. The zero-order valence-corrected chi connectivity index (χ0v) is 10.2. The highest BCUT2D eigenvalue weighted by Crippen LogP contribution is 2.33. The summed E-state index contributed by atoms with van der Waals surface area (Å²) in [6, 6.07) is 0. The molecule has 0 spiro atoms. The van der Waals surface area contributed by atoms with Crippen molar-refractivity contribution in [1.82, 2.24) is 5.32 Å². The third-order valence-corrected chi connectivity index (χ3v) is 3.86. The quantitative estimate of drug-likeness (QED) is 0.758. The number of piperidine rings is 1. The summed E-state index contributed by atoms with van der Waals surface area (Å²) in [7, 11) is 0. The molecule has 0 amide bonds. The predicted molar refractivity (Wildman–Crippen MR) is 63.0 cm³/mol. The predicted octanol–water partition coefficient (Wildman–Crippen LogP) is 2.58. The van der Waals surface area contributed by atoms with Crippen LogP contribution in [0.3, 0.4) is 0 Å². The molecular formula is C13H25NO. The average molecular weight is 211 g/mol. The van der Waals surface area contributed by atoms with Crippen molar-refractivity contribution in [2.24, 2.45) is 11.8 Å². The fourth-order valence-corrected chi connectivity index (χ4v) is 3.16. The average Bonchev–Trinajstić information content (AvgIpc) is 2.17. The third-order valence-electron chi connectivity index (χ3n) is 3.86. The van der Waals surface area contributed by atoms with E-state index in [-0.39, 0.29) is 5.60 Å². The molecule has 2 atom stereocenters. The largest absolute Gasteiger partial charge is 0.376 e. The lowest BCUT2D eigenvalue weighted by Gasteiger charge is -2.37. The Bertz CT molecular complexity index is 197. The zero-order valence-electron chi connectivity index (χ0n) is 10.2. The SMILES string of the molecule is CC1(C)CC(CC2CCCNC2)CCO1. The second-order valence-electron chi connectivity index (χ2n) is 5.92. The van der Waals surface area contributed by atoms with E-state index >= 15 is 0 Å². The van der Waals surface area contributed by atoms with Gasteiger partial charge in [-0.15, -0.1) is 0 Å². The molecule has 2 heterocycles. The smallest absolute Gasteiger partial charge is 0.0629 e. The Balaban J connectivity index is 1.78. The van der Waals surface area contributed by atoms with Gasteiger partial charge in [0.1, 0.15) is 0 Å². The van der Waals surface area contributed by atoms with Gasteiger partial charge in [-0.1, -0.05) is 0 Å². The van der Waals surface area contributed by atoms with E-state index in [9.17, 15) is 0 Å². The second kappa shape index (κ2) is 4.84. The molecule has 0 saturated carbocycles. The molecule has 0 bridgehead atoms. The summed E-state index contributed by atoms with van der Waals surface area (Å²) in [6.07, 6.45) is 6.76. The fourth-order valence-electron chi connectivity index (χ4n) is 3.16. The summed E-state index contributed by atoms with van der Waals surface area (Å²) in [5.41, 5.74) is 0.130. The fraction of sp³-hybridized carbons (Fsp3) is 1.00. The van der Waals surface area contributed by atoms with E-state index in [0.717, 1.165) is 18.4 Å². The molecule has 2 rings (SSSR count). The number of nitrogens with one attached hydrogen (secondary N) is 1. The molecule has 2 aliphatic rings. The number of ether oxygens (including phenoxy) is 1. The minimum atomic E-state index is 0.130. The Hall–Kier alpha value is -0.0800. The Morgan fingerprint density at radius 2 is 2.13 bits per heavy atom. The van der Waals surface area contributed by atoms with Crippen molar-refractivity contribution in [3.63, 3.8) is 0 Å². The molecule has 15 heavy (non-hydrogen) atoms. The van der Waals surface area contributed by atoms with Crippen LogP contribution in [0, 0.1) is 11.8 Å². The molecule has 2 fully saturated rings. The molecule has 0 aromatic carbocycles. The standard InChI is InChI=1S/C13H25NO/c1-13(2)9-11(5-7-15-13)8-12-4-3-6-14-10-12/h11-12,14H,3-10H2,1-2H3. The maximum atomic E-state index is 5.77. The highest BCUT2D eigenvalue weighted by molar-refractivity contribution is 4.81. The molecule has 88 valence electrons. The Labute approximate surface area is 93.8 Å². The number of rotatable bonds is 2. The van der Waals surface area contributed by atoms with Gasteiger partial charge in [-0.2, -0.15) is 0 Å². The van der Waals surface area contributed by atoms with Crippen molar-refractivity contribution in [1.29, 1.82) is 0 Å². The van der Waals surface area contributed by atoms with E-state index in [0.29, 0.717) is 0 Å². The molecule has 0 aliphatic carbocycles. The van der Waals surface area contributed by atoms with Crippen LogP contribution in [0.2, 0.25) is 0 Å². The van der Waals surface area contributed by atoms with Crippen LogP contribution < -0.4 is 5.32 Å². The van der Waals surface area contributed by atoms with Gasteiger partial charge in [-0.05, 0) is 70.9 Å². The van der Waals surface area contributed by atoms with E-state index < -0.39 is 0 Å². The third kappa shape index (κ3) is 3.46. The van der Waals surface area contributed by atoms with Gasteiger partial charge >= 0.3 is 0 Å². The van der Waals surface area contributed by atoms with Crippen molar-refractivity contribution in [3.8, 4) is 0 Å². The van der Waals surface area contributed by atoms with Gasteiger partial charge in [0.05, 0.1) is 5.60 Å². The van der Waals surface area contributed by atoms with E-state index in [4.69, 9.17) is 4.74 Å². The number of hydrogen-bond acceptors (Lipinski definition) is 2. The minimum Gasteiger partial charge on any atom is -0.376 e. The summed E-state index contributed by atoms with van der Waals surface area (Å²) in [5.74, 6) is 1.83. The van der Waals surface area contributed by atoms with Crippen molar-refractivity contribution < 1.29 is 4.74 Å². The summed E-state index contributed by atoms with van der Waals surface area (Å²) in [6.45, 7) is 7.92. The minimum absolute atomic E-state index is 0.130. The topological polar surface area (TPSA) is 21.3 Å². The van der Waals surface area contributed by atoms with E-state index in [1.54, 1.807) is 0 Å². The van der Waals surface area contributed by atoms with Gasteiger partial charge in [0, 0.05) is 6.61 Å². The first-order valence-corrected chi connectivity index (χ1v) is 6.50. The van der Waals surface area contributed by atoms with Crippen LogP contribution in [0.15, 0.2) is 0 Å². The molecule has 2 aliphatic heterocycles. The molecule has 2 heteroatoms. The van der Waals surface area contributed by atoms with Crippen LogP contribution in [0.5, 0.6) is 0 Å². The van der Waals surface area contributed by atoms with Gasteiger partial charge in [0.25, 0.3) is 0 Å². The lowest BCUT2D eigenvalue weighted by atomic mass is 9.80. The van der Waals surface area contributed by atoms with Crippen LogP contribution >= 0.6 is 0 Å². The maximum absolute atomic E-state index is 5.77. The van der Waals surface area contributed by atoms with Gasteiger partial charge in [0.2, 0.25) is 0 Å². The maximum Gasteiger partial charge on any atom is 0.0629 e. The van der Waals surface area contributed by atoms with Crippen LogP contribution in [0.25, 0.3) is 0 Å².